The molecule has 0 aliphatic carbocycles. The molecule has 16 nitrogen and oxygen atoms in total. The van der Waals surface area contributed by atoms with Gasteiger partial charge in [0, 0.05) is 0 Å². The predicted octanol–water partition coefficient (Wildman–Crippen LogP) is -2.74. The zero-order chi connectivity index (χ0) is 23.0. The largest absolute Gasteiger partial charge is 0.481 e. The maximum atomic E-state index is 10.4. The van der Waals surface area contributed by atoms with Crippen LogP contribution < -0.4 is 0 Å². The van der Waals surface area contributed by atoms with E-state index < -0.39 is 71.4 Å². The van der Waals surface area contributed by atoms with Crippen LogP contribution in [0.4, 0.5) is 0 Å². The Morgan fingerprint density at radius 1 is 0.500 bits per heavy atom. The van der Waals surface area contributed by atoms with Gasteiger partial charge < -0.3 is 40.9 Å². The Hall–Kier alpha value is -4.24. The van der Waals surface area contributed by atoms with Crippen LogP contribution in [0.25, 0.3) is 0 Å². The van der Waals surface area contributed by atoms with E-state index in [1.54, 1.807) is 0 Å². The van der Waals surface area contributed by atoms with E-state index in [-0.39, 0.29) is 0 Å². The smallest absolute Gasteiger partial charge is 0.333 e. The topological polar surface area (TPSA) is 298 Å². The lowest BCUT2D eigenvalue weighted by molar-refractivity contribution is -0.179. The summed E-state index contributed by atoms with van der Waals surface area (Å²) in [6, 6.07) is 0. The van der Waals surface area contributed by atoms with Crippen molar-refractivity contribution in [1.82, 2.24) is 0 Å². The van der Waals surface area contributed by atoms with Crippen molar-refractivity contribution in [2.24, 2.45) is 17.3 Å². The zero-order valence-corrected chi connectivity index (χ0v) is 13.2. The highest BCUT2D eigenvalue weighted by Gasteiger charge is 2.56. The summed E-state index contributed by atoms with van der Waals surface area (Å²) in [5.41, 5.74) is -3.33. The molecule has 0 bridgehead atoms. The van der Waals surface area contributed by atoms with E-state index in [1.165, 1.54) is 0 Å². The van der Waals surface area contributed by atoms with Crippen molar-refractivity contribution in [3.05, 3.63) is 0 Å². The van der Waals surface area contributed by atoms with Gasteiger partial charge in [0.15, 0.2) is 11.8 Å². The highest BCUT2D eigenvalue weighted by atomic mass is 16.4. The molecule has 0 aromatic carbocycles. The number of aliphatic carboxylic acids is 8. The van der Waals surface area contributed by atoms with E-state index in [0.29, 0.717) is 0 Å². The molecule has 0 aromatic heterocycles. The first-order valence-corrected chi connectivity index (χ1v) is 6.37. The second-order valence-electron chi connectivity index (χ2n) is 4.70. The van der Waals surface area contributed by atoms with E-state index in [4.69, 9.17) is 40.9 Å². The van der Waals surface area contributed by atoms with Crippen molar-refractivity contribution in [3.63, 3.8) is 0 Å². The van der Waals surface area contributed by atoms with Crippen LogP contribution in [0.1, 0.15) is 6.42 Å². The van der Waals surface area contributed by atoms with Crippen LogP contribution in [-0.2, 0) is 38.4 Å². The number of hydrogen-bond acceptors (Lipinski definition) is 8. The molecule has 0 fully saturated rings. The zero-order valence-electron chi connectivity index (χ0n) is 13.2. The Morgan fingerprint density at radius 2 is 0.714 bits per heavy atom. The van der Waals surface area contributed by atoms with Crippen molar-refractivity contribution in [2.45, 2.75) is 6.42 Å². The van der Waals surface area contributed by atoms with Gasteiger partial charge in [-0.15, -0.1) is 0 Å². The molecular weight excluding hydrogens is 400 g/mol. The fourth-order valence-electron chi connectivity index (χ4n) is 1.51. The maximum absolute atomic E-state index is 10.4. The third-order valence-corrected chi connectivity index (χ3v) is 2.91. The first-order valence-electron chi connectivity index (χ1n) is 6.37. The molecular formula is C12H12O16. The van der Waals surface area contributed by atoms with Crippen molar-refractivity contribution in [2.75, 3.05) is 0 Å². The van der Waals surface area contributed by atoms with Gasteiger partial charge in [0.05, 0.1) is 6.42 Å². The molecule has 0 amide bonds. The van der Waals surface area contributed by atoms with Crippen LogP contribution in [0.15, 0.2) is 0 Å². The quantitative estimate of drug-likeness (QED) is 0.169. The molecule has 0 spiro atoms. The van der Waals surface area contributed by atoms with Crippen LogP contribution in [0.3, 0.4) is 0 Å². The normalized spacial score (nSPS) is 10.4. The fourth-order valence-corrected chi connectivity index (χ4v) is 1.51. The van der Waals surface area contributed by atoms with Crippen LogP contribution >= 0.6 is 0 Å². The lowest BCUT2D eigenvalue weighted by Crippen LogP contribution is -2.47. The van der Waals surface area contributed by atoms with Gasteiger partial charge in [-0.1, -0.05) is 0 Å². The lowest BCUT2D eigenvalue weighted by Gasteiger charge is -2.16. The molecule has 0 aromatic rings. The minimum absolute atomic E-state index is 1.52. The average Bonchev–Trinajstić information content (AvgIpc) is 2.47. The molecule has 0 saturated carbocycles. The lowest BCUT2D eigenvalue weighted by atomic mass is 9.85. The van der Waals surface area contributed by atoms with E-state index in [0.717, 1.165) is 0 Å². The third-order valence-electron chi connectivity index (χ3n) is 2.91. The molecule has 0 aliphatic rings. The van der Waals surface area contributed by atoms with Crippen LogP contribution in [0.5, 0.6) is 0 Å². The van der Waals surface area contributed by atoms with Gasteiger partial charge in [-0.2, -0.15) is 0 Å². The summed E-state index contributed by atoms with van der Waals surface area (Å²) in [5.74, 6) is -21.5. The van der Waals surface area contributed by atoms with Crippen molar-refractivity contribution >= 4 is 47.8 Å². The first-order chi connectivity index (χ1) is 12.5. The average molecular weight is 412 g/mol. The summed E-state index contributed by atoms with van der Waals surface area (Å²) in [6.07, 6.45) is -1.52. The Labute approximate surface area is 151 Å². The Bertz CT molecular complexity index is 623. The standard InChI is InChI=1S/2C6H6O8/c7-2(8)1-6(3(9)10,4(11)12)5(13)14;7-3(8)1(4(9)10)2(5(11)12)6(13)14/h1H2,(H,7,8)(H,9,10)(H,11,12)(H,13,14);1-2H,(H,7,8)(H,9,10)(H,11,12)(H,13,14). The van der Waals surface area contributed by atoms with Crippen LogP contribution in [0, 0.1) is 17.3 Å². The Balaban J connectivity index is 0. The van der Waals surface area contributed by atoms with E-state index in [9.17, 15) is 38.4 Å². The van der Waals surface area contributed by atoms with Gasteiger partial charge in [0.25, 0.3) is 5.41 Å². The maximum Gasteiger partial charge on any atom is 0.333 e. The summed E-state index contributed by atoms with van der Waals surface area (Å²) < 4.78 is 0. The first kappa shape index (κ1) is 26.0. The van der Waals surface area contributed by atoms with Crippen molar-refractivity contribution in [1.29, 1.82) is 0 Å². The van der Waals surface area contributed by atoms with Gasteiger partial charge in [-0.3, -0.25) is 38.4 Å². The Morgan fingerprint density at radius 3 is 0.786 bits per heavy atom. The van der Waals surface area contributed by atoms with E-state index in [1.807, 2.05) is 0 Å². The summed E-state index contributed by atoms with van der Waals surface area (Å²) in [6.45, 7) is 0. The van der Waals surface area contributed by atoms with Gasteiger partial charge in [0.2, 0.25) is 0 Å². The van der Waals surface area contributed by atoms with Crippen LogP contribution in [-0.4, -0.2) is 88.6 Å². The molecule has 0 saturated heterocycles. The minimum atomic E-state index is -3.33. The molecule has 0 radical (unpaired) electrons. The molecule has 0 unspecified atom stereocenters. The number of carboxylic acids is 8. The van der Waals surface area contributed by atoms with Crippen LogP contribution in [0.2, 0.25) is 0 Å². The SMILES string of the molecule is O=C(O)C(C(=O)O)C(C(=O)O)C(=O)O.O=C(O)CC(C(=O)O)(C(=O)O)C(=O)O. The number of carboxylic acid groups (broad SMARTS) is 8. The van der Waals surface area contributed by atoms with Gasteiger partial charge >= 0.3 is 47.8 Å². The molecule has 8 N–H and O–H groups in total. The molecule has 0 heterocycles. The van der Waals surface area contributed by atoms with Gasteiger partial charge in [-0.05, 0) is 0 Å². The highest BCUT2D eigenvalue weighted by molar-refractivity contribution is 6.18. The highest BCUT2D eigenvalue weighted by Crippen LogP contribution is 2.23. The number of hydrogen-bond donors (Lipinski definition) is 8. The van der Waals surface area contributed by atoms with E-state index in [2.05, 4.69) is 0 Å². The summed E-state index contributed by atoms with van der Waals surface area (Å²) in [4.78, 5) is 82.5. The molecule has 0 aliphatic heterocycles. The fraction of sp³-hybridized carbons (Fsp3) is 0.333. The molecule has 0 atom stereocenters. The minimum Gasteiger partial charge on any atom is -0.481 e. The van der Waals surface area contributed by atoms with Crippen molar-refractivity contribution in [3.8, 4) is 0 Å². The summed E-state index contributed by atoms with van der Waals surface area (Å²) in [5, 5.41) is 66.6. The molecule has 0 rings (SSSR count). The van der Waals surface area contributed by atoms with Gasteiger partial charge in [-0.25, -0.2) is 0 Å². The summed E-state index contributed by atoms with van der Waals surface area (Å²) in [7, 11) is 0. The monoisotopic (exact) mass is 412 g/mol. The number of carbonyl (C=O) groups is 8. The predicted molar refractivity (Wildman–Crippen MR) is 75.1 cm³/mol. The second kappa shape index (κ2) is 10.0. The summed E-state index contributed by atoms with van der Waals surface area (Å²) >= 11 is 0. The molecule has 28 heavy (non-hydrogen) atoms. The van der Waals surface area contributed by atoms with E-state index >= 15 is 0 Å². The van der Waals surface area contributed by atoms with Crippen molar-refractivity contribution < 1.29 is 79.2 Å². The second-order valence-corrected chi connectivity index (χ2v) is 4.70. The Kier molecular flexibility index (Phi) is 9.32. The third kappa shape index (κ3) is 6.24. The molecule has 16 heteroatoms. The van der Waals surface area contributed by atoms with Gasteiger partial charge in [0.1, 0.15) is 0 Å². The number of rotatable bonds is 10. The molecule has 156 valence electrons.